The Morgan fingerprint density at radius 2 is 1.74 bits per heavy atom. The molecule has 144 valence electrons. The summed E-state index contributed by atoms with van der Waals surface area (Å²) in [6.07, 6.45) is 0.561. The zero-order valence-electron chi connectivity index (χ0n) is 16.0. The number of nitrogens with one attached hydrogen (secondary N) is 1. The van der Waals surface area contributed by atoms with Crippen molar-refractivity contribution >= 4 is 5.96 Å². The van der Waals surface area contributed by atoms with Gasteiger partial charge >= 0.3 is 0 Å². The van der Waals surface area contributed by atoms with Gasteiger partial charge in [-0.15, -0.1) is 0 Å². The standard InChI is InChI=1S/C22H29N3O2/c1-2-23-22(25-13-12-21(26)15-25)24-14-18-8-10-20(11-9-18)17-27-16-19-6-4-3-5-7-19/h3-11,21,26H,2,12-17H2,1H3,(H,23,24)/t21-/m1/s1. The van der Waals surface area contributed by atoms with Gasteiger partial charge in [0.25, 0.3) is 0 Å². The Morgan fingerprint density at radius 3 is 2.37 bits per heavy atom. The molecule has 27 heavy (non-hydrogen) atoms. The van der Waals surface area contributed by atoms with Gasteiger partial charge < -0.3 is 20.1 Å². The lowest BCUT2D eigenvalue weighted by Gasteiger charge is -2.20. The second kappa shape index (κ2) is 10.1. The Kier molecular flexibility index (Phi) is 7.25. The van der Waals surface area contributed by atoms with Crippen LogP contribution < -0.4 is 5.32 Å². The molecule has 0 aromatic heterocycles. The number of hydrogen-bond acceptors (Lipinski definition) is 3. The van der Waals surface area contributed by atoms with E-state index in [2.05, 4.69) is 53.5 Å². The van der Waals surface area contributed by atoms with Gasteiger partial charge in [-0.1, -0.05) is 54.6 Å². The van der Waals surface area contributed by atoms with E-state index >= 15 is 0 Å². The highest BCUT2D eigenvalue weighted by Crippen LogP contribution is 2.11. The van der Waals surface area contributed by atoms with Gasteiger partial charge in [0.15, 0.2) is 5.96 Å². The van der Waals surface area contributed by atoms with Crippen molar-refractivity contribution < 1.29 is 9.84 Å². The van der Waals surface area contributed by atoms with Crippen molar-refractivity contribution in [2.45, 2.75) is 39.2 Å². The molecule has 1 heterocycles. The molecule has 1 aliphatic heterocycles. The SMILES string of the molecule is CCNC(=NCc1ccc(COCc2ccccc2)cc1)N1CC[C@@H](O)C1. The number of rotatable bonds is 7. The van der Waals surface area contributed by atoms with Crippen molar-refractivity contribution in [1.82, 2.24) is 10.2 Å². The fraction of sp³-hybridized carbons (Fsp3) is 0.409. The van der Waals surface area contributed by atoms with E-state index in [4.69, 9.17) is 9.73 Å². The number of ether oxygens (including phenoxy) is 1. The number of guanidine groups is 1. The Labute approximate surface area is 161 Å². The van der Waals surface area contributed by atoms with Crippen molar-refractivity contribution in [2.75, 3.05) is 19.6 Å². The molecule has 1 aliphatic rings. The molecule has 2 aromatic carbocycles. The molecule has 0 bridgehead atoms. The van der Waals surface area contributed by atoms with E-state index in [1.165, 1.54) is 5.56 Å². The lowest BCUT2D eigenvalue weighted by atomic mass is 10.1. The Bertz CT molecular complexity index is 716. The number of aliphatic imine (C=N–C) groups is 1. The topological polar surface area (TPSA) is 57.1 Å². The summed E-state index contributed by atoms with van der Waals surface area (Å²) in [6, 6.07) is 18.6. The number of aliphatic hydroxyl groups excluding tert-OH is 1. The maximum Gasteiger partial charge on any atom is 0.194 e. The first-order chi connectivity index (χ1) is 13.2. The summed E-state index contributed by atoms with van der Waals surface area (Å²) >= 11 is 0. The van der Waals surface area contributed by atoms with Crippen molar-refractivity contribution in [3.05, 3.63) is 71.3 Å². The second-order valence-electron chi connectivity index (χ2n) is 6.85. The molecule has 3 rings (SSSR count). The third kappa shape index (κ3) is 6.08. The zero-order chi connectivity index (χ0) is 18.9. The van der Waals surface area contributed by atoms with E-state index < -0.39 is 0 Å². The molecule has 5 nitrogen and oxygen atoms in total. The van der Waals surface area contributed by atoms with Gasteiger partial charge in [0.05, 0.1) is 25.9 Å². The van der Waals surface area contributed by atoms with Gasteiger partial charge in [-0.25, -0.2) is 4.99 Å². The Hall–Kier alpha value is -2.37. The van der Waals surface area contributed by atoms with Crippen molar-refractivity contribution in [3.63, 3.8) is 0 Å². The molecule has 0 amide bonds. The first-order valence-corrected chi connectivity index (χ1v) is 9.65. The van der Waals surface area contributed by atoms with E-state index in [9.17, 15) is 5.11 Å². The van der Waals surface area contributed by atoms with Crippen LogP contribution in [0.3, 0.4) is 0 Å². The highest BCUT2D eigenvalue weighted by Gasteiger charge is 2.22. The lowest BCUT2D eigenvalue weighted by molar-refractivity contribution is 0.107. The molecule has 5 heteroatoms. The van der Waals surface area contributed by atoms with Crippen LogP contribution in [0.5, 0.6) is 0 Å². The first kappa shape index (κ1) is 19.4. The zero-order valence-corrected chi connectivity index (χ0v) is 16.0. The average Bonchev–Trinajstić information content (AvgIpc) is 3.13. The maximum atomic E-state index is 9.74. The maximum absolute atomic E-state index is 9.74. The van der Waals surface area contributed by atoms with Gasteiger partial charge in [-0.2, -0.15) is 0 Å². The highest BCUT2D eigenvalue weighted by atomic mass is 16.5. The third-order valence-corrected chi connectivity index (χ3v) is 4.61. The van der Waals surface area contributed by atoms with E-state index in [-0.39, 0.29) is 6.10 Å². The van der Waals surface area contributed by atoms with Crippen molar-refractivity contribution in [2.24, 2.45) is 4.99 Å². The van der Waals surface area contributed by atoms with E-state index in [1.54, 1.807) is 0 Å². The first-order valence-electron chi connectivity index (χ1n) is 9.65. The summed E-state index contributed by atoms with van der Waals surface area (Å²) in [5.41, 5.74) is 3.51. The van der Waals surface area contributed by atoms with E-state index in [0.29, 0.717) is 26.3 Å². The second-order valence-corrected chi connectivity index (χ2v) is 6.85. The lowest BCUT2D eigenvalue weighted by Crippen LogP contribution is -2.40. The predicted molar refractivity (Wildman–Crippen MR) is 108 cm³/mol. The molecule has 0 unspecified atom stereocenters. The van der Waals surface area contributed by atoms with Crippen LogP contribution in [0.2, 0.25) is 0 Å². The summed E-state index contributed by atoms with van der Waals surface area (Å²) in [4.78, 5) is 6.85. The number of hydrogen-bond donors (Lipinski definition) is 2. The van der Waals surface area contributed by atoms with Gasteiger partial charge in [0, 0.05) is 19.6 Å². The van der Waals surface area contributed by atoms with Crippen molar-refractivity contribution in [3.8, 4) is 0 Å². The summed E-state index contributed by atoms with van der Waals surface area (Å²) in [5, 5.41) is 13.1. The molecule has 2 aromatic rings. The number of likely N-dealkylation sites (tertiary alicyclic amines) is 1. The summed E-state index contributed by atoms with van der Waals surface area (Å²) in [5.74, 6) is 0.879. The molecular formula is C22H29N3O2. The minimum Gasteiger partial charge on any atom is -0.391 e. The monoisotopic (exact) mass is 367 g/mol. The highest BCUT2D eigenvalue weighted by molar-refractivity contribution is 5.80. The number of aliphatic hydroxyl groups is 1. The molecule has 0 saturated carbocycles. The normalized spacial score (nSPS) is 17.3. The van der Waals surface area contributed by atoms with Crippen LogP contribution in [0.15, 0.2) is 59.6 Å². The molecule has 1 fully saturated rings. The van der Waals surface area contributed by atoms with Crippen molar-refractivity contribution in [1.29, 1.82) is 0 Å². The molecular weight excluding hydrogens is 338 g/mol. The Morgan fingerprint density at radius 1 is 1.07 bits per heavy atom. The van der Waals surface area contributed by atoms with Gasteiger partial charge in [-0.05, 0) is 30.0 Å². The van der Waals surface area contributed by atoms with Crippen LogP contribution in [-0.4, -0.2) is 41.7 Å². The molecule has 1 atom stereocenters. The smallest absolute Gasteiger partial charge is 0.194 e. The van der Waals surface area contributed by atoms with Crippen LogP contribution in [0.4, 0.5) is 0 Å². The molecule has 1 saturated heterocycles. The van der Waals surface area contributed by atoms with Gasteiger partial charge in [-0.3, -0.25) is 0 Å². The number of nitrogens with zero attached hydrogens (tertiary/aromatic N) is 2. The quantitative estimate of drug-likeness (QED) is 0.584. The minimum atomic E-state index is -0.246. The fourth-order valence-corrected chi connectivity index (χ4v) is 3.13. The summed E-state index contributed by atoms with van der Waals surface area (Å²) in [7, 11) is 0. The fourth-order valence-electron chi connectivity index (χ4n) is 3.13. The van der Waals surface area contributed by atoms with Gasteiger partial charge in [0.2, 0.25) is 0 Å². The van der Waals surface area contributed by atoms with Gasteiger partial charge in [0.1, 0.15) is 0 Å². The number of β-amino-alcohol motifs (C(OH)–C–C–N with tert-alkyl or cyclic N) is 1. The predicted octanol–water partition coefficient (Wildman–Crippen LogP) is 2.94. The molecule has 2 N–H and O–H groups in total. The van der Waals surface area contributed by atoms with E-state index in [1.807, 2.05) is 18.2 Å². The molecule has 0 spiro atoms. The molecule has 0 aliphatic carbocycles. The average molecular weight is 367 g/mol. The van der Waals surface area contributed by atoms with Crippen LogP contribution in [-0.2, 0) is 24.5 Å². The third-order valence-electron chi connectivity index (χ3n) is 4.61. The van der Waals surface area contributed by atoms with Crippen LogP contribution in [0, 0.1) is 0 Å². The summed E-state index contributed by atoms with van der Waals surface area (Å²) in [6.45, 7) is 6.25. The van der Waals surface area contributed by atoms with Crippen LogP contribution >= 0.6 is 0 Å². The largest absolute Gasteiger partial charge is 0.391 e. The van der Waals surface area contributed by atoms with Crippen LogP contribution in [0.1, 0.15) is 30.0 Å². The Balaban J connectivity index is 1.50. The molecule has 0 radical (unpaired) electrons. The van der Waals surface area contributed by atoms with E-state index in [0.717, 1.165) is 36.6 Å². The van der Waals surface area contributed by atoms with Crippen LogP contribution in [0.25, 0.3) is 0 Å². The minimum absolute atomic E-state index is 0.246. The summed E-state index contributed by atoms with van der Waals surface area (Å²) < 4.78 is 5.79. The number of benzene rings is 2.